The largest absolute Gasteiger partial charge is 0.293 e. The molecule has 1 aliphatic rings. The highest BCUT2D eigenvalue weighted by Crippen LogP contribution is 2.28. The Hall–Kier alpha value is -1.69. The zero-order chi connectivity index (χ0) is 13.8. The maximum absolute atomic E-state index is 11.8. The fourth-order valence-corrected chi connectivity index (χ4v) is 2.41. The molecule has 2 rings (SSSR count). The predicted molar refractivity (Wildman–Crippen MR) is 71.6 cm³/mol. The average Bonchev–Trinajstić information content (AvgIpc) is 3.15. The minimum absolute atomic E-state index is 0.0400. The van der Waals surface area contributed by atoms with Gasteiger partial charge in [-0.1, -0.05) is 0 Å². The Kier molecular flexibility index (Phi) is 4.31. The van der Waals surface area contributed by atoms with Crippen LogP contribution in [0.4, 0.5) is 0 Å². The first kappa shape index (κ1) is 13.7. The van der Waals surface area contributed by atoms with Crippen molar-refractivity contribution in [2.45, 2.75) is 32.6 Å². The van der Waals surface area contributed by atoms with E-state index in [0.29, 0.717) is 4.88 Å². The molecule has 1 fully saturated rings. The van der Waals surface area contributed by atoms with Crippen LogP contribution in [0.2, 0.25) is 0 Å². The van der Waals surface area contributed by atoms with Crippen LogP contribution < -0.4 is 10.9 Å². The van der Waals surface area contributed by atoms with Crippen LogP contribution in [0.3, 0.4) is 0 Å². The van der Waals surface area contributed by atoms with Gasteiger partial charge in [-0.15, -0.1) is 11.3 Å². The summed E-state index contributed by atoms with van der Waals surface area (Å²) in [6.45, 7) is 1.93. The molecule has 0 spiro atoms. The van der Waals surface area contributed by atoms with Gasteiger partial charge in [-0.25, -0.2) is 0 Å². The van der Waals surface area contributed by atoms with E-state index in [-0.39, 0.29) is 36.4 Å². The van der Waals surface area contributed by atoms with Crippen LogP contribution in [-0.4, -0.2) is 17.6 Å². The summed E-state index contributed by atoms with van der Waals surface area (Å²) in [7, 11) is 0. The first-order valence-electron chi connectivity index (χ1n) is 6.24. The summed E-state index contributed by atoms with van der Waals surface area (Å²) in [5, 5.41) is 0. The molecule has 2 amide bonds. The molecule has 0 radical (unpaired) electrons. The SMILES string of the molecule is Cc1ccc(C(=O)CCC(=O)NNC(=O)C2CC2)s1. The summed E-state index contributed by atoms with van der Waals surface area (Å²) in [5.74, 6) is -0.470. The molecule has 1 aromatic heterocycles. The van der Waals surface area contributed by atoms with Crippen LogP contribution in [0.25, 0.3) is 0 Å². The van der Waals surface area contributed by atoms with Gasteiger partial charge in [0.2, 0.25) is 11.8 Å². The number of rotatable bonds is 5. The van der Waals surface area contributed by atoms with E-state index in [0.717, 1.165) is 17.7 Å². The van der Waals surface area contributed by atoms with Crippen LogP contribution in [0.15, 0.2) is 12.1 Å². The Morgan fingerprint density at radius 3 is 2.53 bits per heavy atom. The first-order valence-corrected chi connectivity index (χ1v) is 7.06. The highest BCUT2D eigenvalue weighted by Gasteiger charge is 2.29. The summed E-state index contributed by atoms with van der Waals surface area (Å²) >= 11 is 1.43. The second-order valence-electron chi connectivity index (χ2n) is 4.65. The van der Waals surface area contributed by atoms with Gasteiger partial charge in [0.25, 0.3) is 0 Å². The van der Waals surface area contributed by atoms with Crippen molar-refractivity contribution in [1.82, 2.24) is 10.9 Å². The minimum Gasteiger partial charge on any atom is -0.293 e. The molecule has 6 heteroatoms. The van der Waals surface area contributed by atoms with E-state index in [1.54, 1.807) is 6.07 Å². The lowest BCUT2D eigenvalue weighted by Crippen LogP contribution is -2.42. The summed E-state index contributed by atoms with van der Waals surface area (Å²) in [6.07, 6.45) is 2.02. The monoisotopic (exact) mass is 280 g/mol. The van der Waals surface area contributed by atoms with E-state index >= 15 is 0 Å². The zero-order valence-electron chi connectivity index (χ0n) is 10.7. The number of hydrogen-bond donors (Lipinski definition) is 2. The lowest BCUT2D eigenvalue weighted by molar-refractivity contribution is -0.129. The molecule has 0 aromatic carbocycles. The van der Waals surface area contributed by atoms with Gasteiger partial charge in [-0.3, -0.25) is 25.2 Å². The molecule has 1 aromatic rings. The number of thiophene rings is 1. The molecule has 1 saturated carbocycles. The molecule has 0 atom stereocenters. The molecule has 19 heavy (non-hydrogen) atoms. The number of hydrazine groups is 1. The third-order valence-electron chi connectivity index (χ3n) is 2.87. The Morgan fingerprint density at radius 2 is 1.95 bits per heavy atom. The smallest absolute Gasteiger partial charge is 0.241 e. The second-order valence-corrected chi connectivity index (χ2v) is 5.93. The topological polar surface area (TPSA) is 75.3 Å². The molecule has 0 bridgehead atoms. The highest BCUT2D eigenvalue weighted by atomic mass is 32.1. The van der Waals surface area contributed by atoms with Crippen molar-refractivity contribution in [3.05, 3.63) is 21.9 Å². The predicted octanol–water partition coefficient (Wildman–Crippen LogP) is 1.58. The Labute approximate surface area is 115 Å². The van der Waals surface area contributed by atoms with E-state index < -0.39 is 0 Å². The van der Waals surface area contributed by atoms with Gasteiger partial charge in [0.05, 0.1) is 4.88 Å². The molecule has 1 heterocycles. The van der Waals surface area contributed by atoms with Crippen LogP contribution in [0, 0.1) is 12.8 Å². The number of ketones is 1. The number of aryl methyl sites for hydroxylation is 1. The van der Waals surface area contributed by atoms with Crippen molar-refractivity contribution in [2.24, 2.45) is 5.92 Å². The van der Waals surface area contributed by atoms with Crippen LogP contribution in [0.1, 0.15) is 40.2 Å². The van der Waals surface area contributed by atoms with E-state index in [4.69, 9.17) is 0 Å². The third-order valence-corrected chi connectivity index (χ3v) is 3.91. The molecule has 0 aliphatic heterocycles. The summed E-state index contributed by atoms with van der Waals surface area (Å²) in [4.78, 5) is 36.2. The second kappa shape index (κ2) is 5.97. The van der Waals surface area contributed by atoms with Gasteiger partial charge in [0, 0.05) is 23.6 Å². The first-order chi connectivity index (χ1) is 9.06. The molecular weight excluding hydrogens is 264 g/mol. The summed E-state index contributed by atoms with van der Waals surface area (Å²) < 4.78 is 0. The Morgan fingerprint density at radius 1 is 1.21 bits per heavy atom. The molecule has 1 aliphatic carbocycles. The van der Waals surface area contributed by atoms with E-state index in [1.807, 2.05) is 13.0 Å². The molecule has 0 saturated heterocycles. The summed E-state index contributed by atoms with van der Waals surface area (Å²) in [5.41, 5.74) is 4.69. The number of carbonyl (C=O) groups excluding carboxylic acids is 3. The normalized spacial score (nSPS) is 13.9. The number of amides is 2. The lowest BCUT2D eigenvalue weighted by Gasteiger charge is -2.05. The van der Waals surface area contributed by atoms with E-state index in [9.17, 15) is 14.4 Å². The quantitative estimate of drug-likeness (QED) is 0.635. The van der Waals surface area contributed by atoms with E-state index in [2.05, 4.69) is 10.9 Å². The molecule has 2 N–H and O–H groups in total. The third kappa shape index (κ3) is 4.17. The van der Waals surface area contributed by atoms with Crippen LogP contribution >= 0.6 is 11.3 Å². The van der Waals surface area contributed by atoms with Crippen molar-refractivity contribution < 1.29 is 14.4 Å². The van der Waals surface area contributed by atoms with Gasteiger partial charge >= 0.3 is 0 Å². The van der Waals surface area contributed by atoms with Crippen molar-refractivity contribution in [2.75, 3.05) is 0 Å². The van der Waals surface area contributed by atoms with Crippen molar-refractivity contribution in [3.8, 4) is 0 Å². The van der Waals surface area contributed by atoms with Gasteiger partial charge in [-0.05, 0) is 31.9 Å². The number of nitrogens with one attached hydrogen (secondary N) is 2. The van der Waals surface area contributed by atoms with Gasteiger partial charge < -0.3 is 0 Å². The number of Topliss-reactive ketones (excluding diaryl/α,β-unsaturated/α-hetero) is 1. The maximum Gasteiger partial charge on any atom is 0.241 e. The fourth-order valence-electron chi connectivity index (χ4n) is 1.58. The van der Waals surface area contributed by atoms with Gasteiger partial charge in [-0.2, -0.15) is 0 Å². The van der Waals surface area contributed by atoms with Crippen molar-refractivity contribution >= 4 is 28.9 Å². The number of carbonyl (C=O) groups is 3. The highest BCUT2D eigenvalue weighted by molar-refractivity contribution is 7.14. The Bertz CT molecular complexity index is 506. The van der Waals surface area contributed by atoms with Crippen LogP contribution in [0.5, 0.6) is 0 Å². The Balaban J connectivity index is 1.68. The zero-order valence-corrected chi connectivity index (χ0v) is 11.5. The lowest BCUT2D eigenvalue weighted by atomic mass is 10.2. The molecular formula is C13H16N2O3S. The van der Waals surface area contributed by atoms with Crippen molar-refractivity contribution in [3.63, 3.8) is 0 Å². The standard InChI is InChI=1S/C13H16N2O3S/c1-8-2-6-11(19-8)10(16)5-7-12(17)14-15-13(18)9-3-4-9/h2,6,9H,3-5,7H2,1H3,(H,14,17)(H,15,18). The van der Waals surface area contributed by atoms with Crippen LogP contribution in [-0.2, 0) is 9.59 Å². The molecule has 5 nitrogen and oxygen atoms in total. The molecule has 0 unspecified atom stereocenters. The minimum atomic E-state index is -0.337. The molecule has 102 valence electrons. The van der Waals surface area contributed by atoms with E-state index in [1.165, 1.54) is 11.3 Å². The maximum atomic E-state index is 11.8. The average molecular weight is 280 g/mol. The fraction of sp³-hybridized carbons (Fsp3) is 0.462. The summed E-state index contributed by atoms with van der Waals surface area (Å²) in [6, 6.07) is 3.66. The number of hydrogen-bond acceptors (Lipinski definition) is 4. The van der Waals surface area contributed by atoms with Crippen molar-refractivity contribution in [1.29, 1.82) is 0 Å². The van der Waals surface area contributed by atoms with Gasteiger partial charge in [0.1, 0.15) is 0 Å². The van der Waals surface area contributed by atoms with Gasteiger partial charge in [0.15, 0.2) is 5.78 Å².